The minimum absolute atomic E-state index is 0.0393. The van der Waals surface area contributed by atoms with Gasteiger partial charge in [0.15, 0.2) is 11.0 Å². The molecule has 0 unspecified atom stereocenters. The molecule has 0 aliphatic rings. The number of thioether (sulfide) groups is 1. The van der Waals surface area contributed by atoms with Crippen LogP contribution in [0.3, 0.4) is 0 Å². The molecule has 178 valence electrons. The molecule has 2 aromatic carbocycles. The highest BCUT2D eigenvalue weighted by Gasteiger charge is 2.19. The van der Waals surface area contributed by atoms with Crippen molar-refractivity contribution in [2.45, 2.75) is 38.4 Å². The van der Waals surface area contributed by atoms with Crippen molar-refractivity contribution in [3.63, 3.8) is 0 Å². The lowest BCUT2D eigenvalue weighted by atomic mass is 10.0. The van der Waals surface area contributed by atoms with Crippen LogP contribution in [0.15, 0.2) is 65.8 Å². The summed E-state index contributed by atoms with van der Waals surface area (Å²) < 4.78 is 24.7. The summed E-state index contributed by atoms with van der Waals surface area (Å²) in [4.78, 5) is 4.89. The van der Waals surface area contributed by atoms with Crippen molar-refractivity contribution < 1.29 is 8.42 Å². The predicted molar refractivity (Wildman–Crippen MR) is 139 cm³/mol. The Morgan fingerprint density at radius 3 is 2.50 bits per heavy atom. The van der Waals surface area contributed by atoms with E-state index in [1.807, 2.05) is 36.4 Å². The molecule has 0 aliphatic heterocycles. The third kappa shape index (κ3) is 6.02. The average molecular weight is 496 g/mol. The van der Waals surface area contributed by atoms with E-state index >= 15 is 0 Å². The first-order chi connectivity index (χ1) is 16.3. The third-order valence-corrected chi connectivity index (χ3v) is 7.39. The van der Waals surface area contributed by atoms with E-state index in [1.54, 1.807) is 0 Å². The lowest BCUT2D eigenvalue weighted by Crippen LogP contribution is -2.16. The second-order valence-electron chi connectivity index (χ2n) is 8.65. The number of pyridine rings is 1. The maximum atomic E-state index is 11.3. The molecule has 2 heterocycles. The van der Waals surface area contributed by atoms with E-state index in [-0.39, 0.29) is 5.75 Å². The van der Waals surface area contributed by atoms with Gasteiger partial charge in [0.1, 0.15) is 0 Å². The van der Waals surface area contributed by atoms with Crippen molar-refractivity contribution in [1.29, 1.82) is 0 Å². The van der Waals surface area contributed by atoms with E-state index in [2.05, 4.69) is 52.9 Å². The predicted octanol–water partition coefficient (Wildman–Crippen LogP) is 4.98. The number of para-hydroxylation sites is 1. The van der Waals surface area contributed by atoms with Gasteiger partial charge in [-0.3, -0.25) is 0 Å². The van der Waals surface area contributed by atoms with E-state index < -0.39 is 10.0 Å². The number of benzene rings is 2. The Hall–Kier alpha value is -2.75. The van der Waals surface area contributed by atoms with E-state index in [0.29, 0.717) is 18.1 Å². The van der Waals surface area contributed by atoms with E-state index in [0.717, 1.165) is 51.7 Å². The van der Waals surface area contributed by atoms with Crippen molar-refractivity contribution in [2.75, 3.05) is 11.5 Å². The highest BCUT2D eigenvalue weighted by atomic mass is 32.2. The van der Waals surface area contributed by atoms with Crippen LogP contribution < -0.4 is 5.14 Å². The van der Waals surface area contributed by atoms with Gasteiger partial charge in [-0.25, -0.2) is 18.5 Å². The molecule has 0 bridgehead atoms. The molecule has 7 nitrogen and oxygen atoms in total. The Labute approximate surface area is 204 Å². The van der Waals surface area contributed by atoms with Crippen LogP contribution in [0.25, 0.3) is 33.5 Å². The molecule has 0 radical (unpaired) electrons. The summed E-state index contributed by atoms with van der Waals surface area (Å²) in [5.41, 5.74) is 3.81. The fourth-order valence-corrected chi connectivity index (χ4v) is 5.36. The zero-order chi connectivity index (χ0) is 24.1. The lowest BCUT2D eigenvalue weighted by molar-refractivity contribution is 0.498. The minimum atomic E-state index is -3.47. The summed E-state index contributed by atoms with van der Waals surface area (Å²) in [5, 5.41) is 16.0. The van der Waals surface area contributed by atoms with Gasteiger partial charge in [-0.2, -0.15) is 0 Å². The molecule has 2 aromatic heterocycles. The standard InChI is InChI=1S/C25H29N5O2S2/c1-18(2)13-14-30-24(28-29-25(30)33-15-8-16-34(26,31)32)21-17-23(19-9-4-3-5-10-19)27-22-12-7-6-11-20(21)22/h3-7,9-12,17-18H,8,13-16H2,1-2H3,(H2,26,31,32). The SMILES string of the molecule is CC(C)CCn1c(SCCCS(N)(=O)=O)nnc1-c1cc(-c2ccccc2)nc2ccccc12. The normalized spacial score (nSPS) is 12.0. The number of nitrogens with two attached hydrogens (primary N) is 1. The Morgan fingerprint density at radius 1 is 1.03 bits per heavy atom. The second kappa shape index (κ2) is 10.7. The Kier molecular flexibility index (Phi) is 7.65. The highest BCUT2D eigenvalue weighted by molar-refractivity contribution is 7.99. The molecule has 0 aliphatic carbocycles. The molecule has 0 amide bonds. The van der Waals surface area contributed by atoms with Crippen molar-refractivity contribution in [3.8, 4) is 22.6 Å². The summed E-state index contributed by atoms with van der Waals surface area (Å²) in [5.74, 6) is 1.88. The summed E-state index contributed by atoms with van der Waals surface area (Å²) in [6.45, 7) is 5.16. The van der Waals surface area contributed by atoms with Gasteiger partial charge in [0.05, 0.1) is 17.0 Å². The molecule has 34 heavy (non-hydrogen) atoms. The molecular weight excluding hydrogens is 466 g/mol. The fraction of sp³-hybridized carbons (Fsp3) is 0.320. The zero-order valence-corrected chi connectivity index (χ0v) is 21.0. The van der Waals surface area contributed by atoms with Crippen LogP contribution >= 0.6 is 11.8 Å². The molecule has 0 saturated carbocycles. The Balaban J connectivity index is 1.76. The summed E-state index contributed by atoms with van der Waals surface area (Å²) >= 11 is 1.51. The summed E-state index contributed by atoms with van der Waals surface area (Å²) in [6.07, 6.45) is 1.44. The topological polar surface area (TPSA) is 104 Å². The van der Waals surface area contributed by atoms with Gasteiger partial charge in [0.2, 0.25) is 10.0 Å². The van der Waals surface area contributed by atoms with Crippen molar-refractivity contribution in [3.05, 3.63) is 60.7 Å². The molecule has 0 spiro atoms. The Bertz CT molecular complexity index is 1370. The van der Waals surface area contributed by atoms with Crippen LogP contribution in [-0.4, -0.2) is 39.7 Å². The van der Waals surface area contributed by atoms with Crippen LogP contribution in [-0.2, 0) is 16.6 Å². The first-order valence-corrected chi connectivity index (χ1v) is 14.0. The highest BCUT2D eigenvalue weighted by Crippen LogP contribution is 2.33. The number of aromatic nitrogens is 4. The van der Waals surface area contributed by atoms with Gasteiger partial charge in [-0.1, -0.05) is 74.1 Å². The fourth-order valence-electron chi connectivity index (χ4n) is 3.72. The number of rotatable bonds is 10. The molecule has 0 saturated heterocycles. The van der Waals surface area contributed by atoms with Crippen molar-refractivity contribution in [1.82, 2.24) is 19.7 Å². The molecule has 9 heteroatoms. The number of nitrogens with zero attached hydrogens (tertiary/aromatic N) is 4. The van der Waals surface area contributed by atoms with Gasteiger partial charge < -0.3 is 4.57 Å². The quantitative estimate of drug-likeness (QED) is 0.246. The lowest BCUT2D eigenvalue weighted by Gasteiger charge is -2.14. The maximum Gasteiger partial charge on any atom is 0.209 e. The van der Waals surface area contributed by atoms with Crippen molar-refractivity contribution >= 4 is 32.7 Å². The molecule has 4 aromatic rings. The molecule has 0 fully saturated rings. The van der Waals surface area contributed by atoms with Crippen LogP contribution in [0.2, 0.25) is 0 Å². The molecule has 4 rings (SSSR count). The van der Waals surface area contributed by atoms with Gasteiger partial charge in [0.25, 0.3) is 0 Å². The molecular formula is C25H29N5O2S2. The first-order valence-electron chi connectivity index (χ1n) is 11.3. The number of fused-ring (bicyclic) bond motifs is 1. The van der Waals surface area contributed by atoms with Gasteiger partial charge in [0, 0.05) is 28.8 Å². The van der Waals surface area contributed by atoms with Crippen LogP contribution in [0.5, 0.6) is 0 Å². The number of hydrogen-bond acceptors (Lipinski definition) is 6. The van der Waals surface area contributed by atoms with E-state index in [9.17, 15) is 8.42 Å². The van der Waals surface area contributed by atoms with Crippen LogP contribution in [0, 0.1) is 5.92 Å². The van der Waals surface area contributed by atoms with Crippen LogP contribution in [0.4, 0.5) is 0 Å². The van der Waals surface area contributed by atoms with Gasteiger partial charge in [-0.15, -0.1) is 10.2 Å². The maximum absolute atomic E-state index is 11.3. The number of hydrogen-bond donors (Lipinski definition) is 1. The van der Waals surface area contributed by atoms with Gasteiger partial charge in [-0.05, 0) is 30.9 Å². The minimum Gasteiger partial charge on any atom is -0.302 e. The third-order valence-electron chi connectivity index (χ3n) is 5.48. The molecule has 0 atom stereocenters. The van der Waals surface area contributed by atoms with E-state index in [4.69, 9.17) is 10.1 Å². The Morgan fingerprint density at radius 2 is 1.76 bits per heavy atom. The van der Waals surface area contributed by atoms with E-state index in [1.165, 1.54) is 11.8 Å². The monoisotopic (exact) mass is 495 g/mol. The first kappa shape index (κ1) is 24.4. The average Bonchev–Trinajstić information content (AvgIpc) is 3.22. The smallest absolute Gasteiger partial charge is 0.209 e. The zero-order valence-electron chi connectivity index (χ0n) is 19.4. The van der Waals surface area contributed by atoms with Crippen molar-refractivity contribution in [2.24, 2.45) is 11.1 Å². The summed E-state index contributed by atoms with van der Waals surface area (Å²) in [7, 11) is -3.47. The number of primary sulfonamides is 1. The summed E-state index contributed by atoms with van der Waals surface area (Å²) in [6, 6.07) is 20.3. The second-order valence-corrected chi connectivity index (χ2v) is 11.4. The number of sulfonamides is 1. The van der Waals surface area contributed by atoms with Crippen LogP contribution in [0.1, 0.15) is 26.7 Å². The van der Waals surface area contributed by atoms with Gasteiger partial charge >= 0.3 is 0 Å². The largest absolute Gasteiger partial charge is 0.302 e. The molecule has 2 N–H and O–H groups in total.